The molecule has 122 valence electrons. The van der Waals surface area contributed by atoms with Gasteiger partial charge in [-0.05, 0) is 0 Å². The van der Waals surface area contributed by atoms with Crippen LogP contribution in [-0.4, -0.2) is 0 Å². The Morgan fingerprint density at radius 1 is 0.400 bits per heavy atom. The molecule has 0 fully saturated rings. The lowest BCUT2D eigenvalue weighted by atomic mass is 10.0. The van der Waals surface area contributed by atoms with E-state index in [1.54, 1.807) is 0 Å². The molecule has 0 radical (unpaired) electrons. The van der Waals surface area contributed by atoms with Crippen LogP contribution in [-0.2, 0) is 0 Å². The Morgan fingerprint density at radius 3 is 0.950 bits per heavy atom. The van der Waals surface area contributed by atoms with Crippen LogP contribution in [0.4, 0.5) is 0 Å². The molecule has 20 heavy (non-hydrogen) atoms. The summed E-state index contributed by atoms with van der Waals surface area (Å²) in [5.41, 5.74) is 0. The van der Waals surface area contributed by atoms with Gasteiger partial charge in [0.1, 0.15) is 0 Å². The van der Waals surface area contributed by atoms with Crippen LogP contribution in [0.5, 0.6) is 0 Å². The van der Waals surface area contributed by atoms with Crippen molar-refractivity contribution in [1.29, 1.82) is 0 Å². The molecule has 0 N–H and O–H groups in total. The molecule has 0 nitrogen and oxygen atoms in total. The minimum absolute atomic E-state index is 0.223. The highest BCUT2D eigenvalue weighted by Gasteiger charge is 1.94. The molecule has 0 heterocycles. The van der Waals surface area contributed by atoms with Crippen LogP contribution in [0.1, 0.15) is 131 Å². The third kappa shape index (κ3) is 18.0. The second-order valence-electron chi connectivity index (χ2n) is 6.46. The van der Waals surface area contributed by atoms with E-state index >= 15 is 0 Å². The fourth-order valence-electron chi connectivity index (χ4n) is 2.81. The monoisotopic (exact) mass is 283 g/mol. The number of hydrogen-bond donors (Lipinski definition) is 0. The molecule has 0 aromatic heterocycles. The Morgan fingerprint density at radius 2 is 0.650 bits per heavy atom. The van der Waals surface area contributed by atoms with E-state index in [0.29, 0.717) is 0 Å². The van der Waals surface area contributed by atoms with E-state index in [4.69, 9.17) is 1.37 Å². The maximum absolute atomic E-state index is 8.08. The van der Waals surface area contributed by atoms with Crippen LogP contribution in [0, 0.1) is 0 Å². The van der Waals surface area contributed by atoms with E-state index in [9.17, 15) is 0 Å². The largest absolute Gasteiger partial charge is 0.0654 e. The number of hydrogen-bond acceptors (Lipinski definition) is 0. The Bertz CT molecular complexity index is 179. The second-order valence-corrected chi connectivity index (χ2v) is 6.46. The molecular weight excluding hydrogens is 240 g/mol. The molecule has 0 aliphatic carbocycles. The summed E-state index contributed by atoms with van der Waals surface area (Å²) in [6.45, 7) is 4.55. The summed E-state index contributed by atoms with van der Waals surface area (Å²) in [7, 11) is 0. The highest BCUT2D eigenvalue weighted by atomic mass is 14.0. The molecule has 0 amide bonds. The van der Waals surface area contributed by atoms with Gasteiger partial charge >= 0.3 is 0 Å². The lowest BCUT2D eigenvalue weighted by Crippen LogP contribution is -1.83. The number of rotatable bonds is 17. The molecule has 1 unspecified atom stereocenters. The van der Waals surface area contributed by atoms with E-state index < -0.39 is 0 Å². The van der Waals surface area contributed by atoms with Crippen LogP contribution in [0.3, 0.4) is 0 Å². The summed E-state index contributed by atoms with van der Waals surface area (Å²) < 4.78 is 8.08. The van der Waals surface area contributed by atoms with Crippen molar-refractivity contribution in [2.45, 2.75) is 129 Å². The molecule has 0 spiro atoms. The van der Waals surface area contributed by atoms with Crippen LogP contribution >= 0.6 is 0 Å². The molecule has 0 aliphatic heterocycles. The highest BCUT2D eigenvalue weighted by Crippen LogP contribution is 2.14. The topological polar surface area (TPSA) is 0 Å². The van der Waals surface area contributed by atoms with Crippen molar-refractivity contribution in [3.8, 4) is 0 Å². The molecule has 0 rings (SSSR count). The summed E-state index contributed by atoms with van der Waals surface area (Å²) in [4.78, 5) is 0. The Labute approximate surface area is 131 Å². The van der Waals surface area contributed by atoms with Gasteiger partial charge in [-0.15, -0.1) is 0 Å². The summed E-state index contributed by atoms with van der Waals surface area (Å²) in [5.74, 6) is 0. The van der Waals surface area contributed by atoms with E-state index in [2.05, 4.69) is 13.8 Å². The normalized spacial score (nSPS) is 13.4. The van der Waals surface area contributed by atoms with E-state index in [-0.39, 0.29) is 6.40 Å². The van der Waals surface area contributed by atoms with E-state index in [1.165, 1.54) is 96.3 Å². The fourth-order valence-corrected chi connectivity index (χ4v) is 2.81. The summed E-state index contributed by atoms with van der Waals surface area (Å²) in [5, 5.41) is 0. The molecule has 0 saturated carbocycles. The van der Waals surface area contributed by atoms with Gasteiger partial charge in [0.15, 0.2) is 0 Å². The lowest BCUT2D eigenvalue weighted by Gasteiger charge is -2.03. The second kappa shape index (κ2) is 19.0. The van der Waals surface area contributed by atoms with Gasteiger partial charge in [-0.3, -0.25) is 0 Å². The first-order valence-corrected chi connectivity index (χ1v) is 9.73. The smallest absolute Gasteiger partial charge is 0.0267 e. The van der Waals surface area contributed by atoms with Gasteiger partial charge in [0.05, 0.1) is 0 Å². The fraction of sp³-hybridized carbons (Fsp3) is 1.00. The molecule has 1 atom stereocenters. The van der Waals surface area contributed by atoms with Gasteiger partial charge in [0, 0.05) is 1.37 Å². The molecular formula is C20H42. The predicted octanol–water partition coefficient (Wildman–Crippen LogP) is 8.05. The van der Waals surface area contributed by atoms with E-state index in [0.717, 1.165) is 12.8 Å². The van der Waals surface area contributed by atoms with Crippen molar-refractivity contribution in [2.24, 2.45) is 0 Å². The molecule has 0 saturated heterocycles. The average Bonchev–Trinajstić information content (AvgIpc) is 2.49. The average molecular weight is 284 g/mol. The van der Waals surface area contributed by atoms with Gasteiger partial charge < -0.3 is 0 Å². The Kier molecular flexibility index (Phi) is 17.1. The molecule has 0 aromatic rings. The maximum Gasteiger partial charge on any atom is 0.0267 e. The van der Waals surface area contributed by atoms with Gasteiger partial charge in [0.2, 0.25) is 0 Å². The van der Waals surface area contributed by atoms with Crippen molar-refractivity contribution < 1.29 is 1.37 Å². The van der Waals surface area contributed by atoms with Gasteiger partial charge in [0.25, 0.3) is 0 Å². The minimum atomic E-state index is 0.223. The maximum atomic E-state index is 8.08. The molecule has 0 aliphatic rings. The Hall–Kier alpha value is 0. The first-order valence-electron chi connectivity index (χ1n) is 10.3. The molecule has 0 aromatic carbocycles. The van der Waals surface area contributed by atoms with Crippen LogP contribution in [0.25, 0.3) is 0 Å². The number of unbranched alkanes of at least 4 members (excludes halogenated alkanes) is 13. The van der Waals surface area contributed by atoms with Gasteiger partial charge in [-0.25, -0.2) is 0 Å². The van der Waals surface area contributed by atoms with Gasteiger partial charge in [-0.2, -0.15) is 0 Å². The van der Waals surface area contributed by atoms with Crippen LogP contribution in [0.2, 0.25) is 0 Å². The summed E-state index contributed by atoms with van der Waals surface area (Å²) in [6.07, 6.45) is 23.2. The first-order chi connectivity index (χ1) is 10.3. The van der Waals surface area contributed by atoms with Crippen molar-refractivity contribution >= 4 is 0 Å². The third-order valence-electron chi connectivity index (χ3n) is 4.27. The van der Waals surface area contributed by atoms with Crippen molar-refractivity contribution in [3.05, 3.63) is 0 Å². The van der Waals surface area contributed by atoms with Crippen LogP contribution < -0.4 is 0 Å². The molecule has 0 heteroatoms. The van der Waals surface area contributed by atoms with Crippen LogP contribution in [0.15, 0.2) is 0 Å². The molecule has 0 bridgehead atoms. The zero-order valence-corrected chi connectivity index (χ0v) is 14.6. The van der Waals surface area contributed by atoms with Crippen molar-refractivity contribution in [3.63, 3.8) is 0 Å². The lowest BCUT2D eigenvalue weighted by molar-refractivity contribution is 0.526. The Balaban J connectivity index is 3.10. The predicted molar refractivity (Wildman–Crippen MR) is 94.5 cm³/mol. The summed E-state index contributed by atoms with van der Waals surface area (Å²) in [6, 6.07) is 0. The first kappa shape index (κ1) is 18.1. The minimum Gasteiger partial charge on any atom is -0.0654 e. The third-order valence-corrected chi connectivity index (χ3v) is 4.27. The summed E-state index contributed by atoms with van der Waals surface area (Å²) >= 11 is 0. The van der Waals surface area contributed by atoms with E-state index in [1.807, 2.05) is 0 Å². The standard InChI is InChI=1S/C20H42/c1-3-5-7-9-11-13-15-17-19-20-18-16-14-12-10-8-6-4-2/h3-20H2,1-2H3/i17D. The van der Waals surface area contributed by atoms with Crippen molar-refractivity contribution in [2.75, 3.05) is 0 Å². The SMILES string of the molecule is [2H]C(CCCCCCCC)CCCCCCCCCCC. The zero-order valence-electron chi connectivity index (χ0n) is 15.6. The zero-order chi connectivity index (χ0) is 15.6. The highest BCUT2D eigenvalue weighted by molar-refractivity contribution is 4.49. The van der Waals surface area contributed by atoms with Gasteiger partial charge in [-0.1, -0.05) is 129 Å². The van der Waals surface area contributed by atoms with Crippen molar-refractivity contribution in [1.82, 2.24) is 0 Å². The quantitative estimate of drug-likeness (QED) is 0.237.